The van der Waals surface area contributed by atoms with Gasteiger partial charge in [0.15, 0.2) is 0 Å². The maximum atomic E-state index is 11.2. The van der Waals surface area contributed by atoms with Gasteiger partial charge in [0, 0.05) is 19.1 Å². The highest BCUT2D eigenvalue weighted by Crippen LogP contribution is 2.24. The summed E-state index contributed by atoms with van der Waals surface area (Å²) in [4.78, 5) is 11.2. The molecule has 0 saturated heterocycles. The predicted molar refractivity (Wildman–Crippen MR) is 57.0 cm³/mol. The first-order valence-corrected chi connectivity index (χ1v) is 5.49. The molecule has 1 rings (SSSR count). The maximum absolute atomic E-state index is 11.2. The van der Waals surface area contributed by atoms with Crippen LogP contribution in [0.3, 0.4) is 0 Å². The van der Waals surface area contributed by atoms with E-state index in [0.29, 0.717) is 12.0 Å². The second-order valence-corrected chi connectivity index (χ2v) is 4.09. The van der Waals surface area contributed by atoms with Gasteiger partial charge in [0.1, 0.15) is 0 Å². The summed E-state index contributed by atoms with van der Waals surface area (Å²) in [5.74, 6) is 0.599. The predicted octanol–water partition coefficient (Wildman–Crippen LogP) is 0.823. The van der Waals surface area contributed by atoms with Gasteiger partial charge in [-0.25, -0.2) is 4.79 Å². The first kappa shape index (κ1) is 11.3. The van der Waals surface area contributed by atoms with Crippen molar-refractivity contribution in [2.75, 3.05) is 13.1 Å². The quantitative estimate of drug-likeness (QED) is 0.574. The van der Waals surface area contributed by atoms with Crippen molar-refractivity contribution >= 4 is 6.03 Å². The van der Waals surface area contributed by atoms with Gasteiger partial charge in [-0.3, -0.25) is 0 Å². The lowest BCUT2D eigenvalue weighted by molar-refractivity contribution is 0.225. The van der Waals surface area contributed by atoms with Crippen LogP contribution in [0.25, 0.3) is 0 Å². The van der Waals surface area contributed by atoms with Gasteiger partial charge in [-0.05, 0) is 25.2 Å². The van der Waals surface area contributed by atoms with Gasteiger partial charge < -0.3 is 16.4 Å². The molecule has 82 valence electrons. The Hall–Kier alpha value is -0.770. The van der Waals surface area contributed by atoms with Crippen LogP contribution in [-0.2, 0) is 0 Å². The van der Waals surface area contributed by atoms with Crippen LogP contribution in [0.5, 0.6) is 0 Å². The molecule has 14 heavy (non-hydrogen) atoms. The smallest absolute Gasteiger partial charge is 0.314 e. The molecule has 0 aromatic heterocycles. The molecule has 4 N–H and O–H groups in total. The fourth-order valence-electron chi connectivity index (χ4n) is 1.63. The van der Waals surface area contributed by atoms with Gasteiger partial charge in [-0.2, -0.15) is 0 Å². The minimum Gasteiger partial charge on any atom is -0.338 e. The molecule has 0 bridgehead atoms. The molecule has 0 radical (unpaired) electrons. The fourth-order valence-corrected chi connectivity index (χ4v) is 1.63. The lowest BCUT2D eigenvalue weighted by Crippen LogP contribution is -2.45. The SMILES string of the molecule is CCCCNC(=O)NCC1CC(N)C1. The van der Waals surface area contributed by atoms with Crippen LogP contribution in [0.1, 0.15) is 32.6 Å². The van der Waals surface area contributed by atoms with E-state index in [1.165, 1.54) is 0 Å². The van der Waals surface area contributed by atoms with E-state index in [9.17, 15) is 4.79 Å². The maximum Gasteiger partial charge on any atom is 0.314 e. The van der Waals surface area contributed by atoms with E-state index >= 15 is 0 Å². The monoisotopic (exact) mass is 199 g/mol. The highest BCUT2D eigenvalue weighted by molar-refractivity contribution is 5.73. The van der Waals surface area contributed by atoms with Crippen LogP contribution < -0.4 is 16.4 Å². The first-order valence-electron chi connectivity index (χ1n) is 5.49. The summed E-state index contributed by atoms with van der Waals surface area (Å²) in [7, 11) is 0. The van der Waals surface area contributed by atoms with E-state index in [4.69, 9.17) is 5.73 Å². The molecule has 1 aliphatic carbocycles. The summed E-state index contributed by atoms with van der Waals surface area (Å²) in [5.41, 5.74) is 5.65. The molecule has 0 aromatic rings. The second-order valence-electron chi connectivity index (χ2n) is 4.09. The largest absolute Gasteiger partial charge is 0.338 e. The first-order chi connectivity index (χ1) is 6.72. The average molecular weight is 199 g/mol. The third kappa shape index (κ3) is 3.96. The van der Waals surface area contributed by atoms with Gasteiger partial charge in [0.2, 0.25) is 0 Å². The van der Waals surface area contributed by atoms with Crippen molar-refractivity contribution in [3.8, 4) is 0 Å². The Bertz CT molecular complexity index is 178. The standard InChI is InChI=1S/C10H21N3O/c1-2-3-4-12-10(14)13-7-8-5-9(11)6-8/h8-9H,2-7,11H2,1H3,(H2,12,13,14). The number of nitrogens with one attached hydrogen (secondary N) is 2. The Balaban J connectivity index is 1.93. The topological polar surface area (TPSA) is 67.2 Å². The number of rotatable bonds is 5. The van der Waals surface area contributed by atoms with Gasteiger partial charge >= 0.3 is 6.03 Å². The Kier molecular flexibility index (Phi) is 4.73. The van der Waals surface area contributed by atoms with E-state index in [2.05, 4.69) is 17.6 Å². The molecule has 1 fully saturated rings. The number of unbranched alkanes of at least 4 members (excludes halogenated alkanes) is 1. The summed E-state index contributed by atoms with van der Waals surface area (Å²) in [6.45, 7) is 3.65. The molecule has 2 amide bonds. The summed E-state index contributed by atoms with van der Waals surface area (Å²) in [5, 5.41) is 5.68. The van der Waals surface area contributed by atoms with Crippen LogP contribution >= 0.6 is 0 Å². The number of hydrogen-bond donors (Lipinski definition) is 3. The lowest BCUT2D eigenvalue weighted by Gasteiger charge is -2.32. The van der Waals surface area contributed by atoms with Crippen molar-refractivity contribution in [1.29, 1.82) is 0 Å². The zero-order valence-corrected chi connectivity index (χ0v) is 8.88. The number of amides is 2. The highest BCUT2D eigenvalue weighted by atomic mass is 16.2. The third-order valence-corrected chi connectivity index (χ3v) is 2.64. The zero-order valence-electron chi connectivity index (χ0n) is 8.88. The molecule has 4 nitrogen and oxygen atoms in total. The number of hydrogen-bond acceptors (Lipinski definition) is 2. The van der Waals surface area contributed by atoms with Crippen molar-refractivity contribution in [2.24, 2.45) is 11.7 Å². The summed E-state index contributed by atoms with van der Waals surface area (Å²) in [6, 6.07) is 0.323. The van der Waals surface area contributed by atoms with Gasteiger partial charge in [-0.1, -0.05) is 13.3 Å². The van der Waals surface area contributed by atoms with Crippen LogP contribution in [0.2, 0.25) is 0 Å². The molecule has 0 unspecified atom stereocenters. The van der Waals surface area contributed by atoms with Gasteiger partial charge in [-0.15, -0.1) is 0 Å². The number of carbonyl (C=O) groups is 1. The lowest BCUT2D eigenvalue weighted by atomic mass is 9.81. The highest BCUT2D eigenvalue weighted by Gasteiger charge is 2.25. The molecule has 0 heterocycles. The van der Waals surface area contributed by atoms with E-state index in [1.54, 1.807) is 0 Å². The molecular formula is C10H21N3O. The molecule has 1 aliphatic rings. The van der Waals surface area contributed by atoms with Crippen molar-refractivity contribution in [1.82, 2.24) is 10.6 Å². The average Bonchev–Trinajstić information content (AvgIpc) is 2.11. The summed E-state index contributed by atoms with van der Waals surface area (Å²) in [6.07, 6.45) is 4.25. The molecule has 0 atom stereocenters. The number of nitrogens with two attached hydrogens (primary N) is 1. The second kappa shape index (κ2) is 5.86. The van der Waals surface area contributed by atoms with Crippen molar-refractivity contribution < 1.29 is 4.79 Å². The Morgan fingerprint density at radius 3 is 2.71 bits per heavy atom. The molecule has 1 saturated carbocycles. The Morgan fingerprint density at radius 2 is 2.14 bits per heavy atom. The normalized spacial score (nSPS) is 25.3. The Morgan fingerprint density at radius 1 is 1.43 bits per heavy atom. The van der Waals surface area contributed by atoms with Gasteiger partial charge in [0.25, 0.3) is 0 Å². The summed E-state index contributed by atoms with van der Waals surface area (Å²) >= 11 is 0. The zero-order chi connectivity index (χ0) is 10.4. The number of urea groups is 1. The molecular weight excluding hydrogens is 178 g/mol. The van der Waals surface area contributed by atoms with Crippen molar-refractivity contribution in [3.63, 3.8) is 0 Å². The summed E-state index contributed by atoms with van der Waals surface area (Å²) < 4.78 is 0. The van der Waals surface area contributed by atoms with Crippen LogP contribution in [0.4, 0.5) is 4.79 Å². The van der Waals surface area contributed by atoms with Crippen LogP contribution in [-0.4, -0.2) is 25.2 Å². The minimum absolute atomic E-state index is 0.0427. The number of carbonyl (C=O) groups excluding carboxylic acids is 1. The van der Waals surface area contributed by atoms with Crippen LogP contribution in [0.15, 0.2) is 0 Å². The fraction of sp³-hybridized carbons (Fsp3) is 0.900. The van der Waals surface area contributed by atoms with E-state index < -0.39 is 0 Å². The molecule has 4 heteroatoms. The van der Waals surface area contributed by atoms with Crippen molar-refractivity contribution in [3.05, 3.63) is 0 Å². The van der Waals surface area contributed by atoms with Gasteiger partial charge in [0.05, 0.1) is 0 Å². The third-order valence-electron chi connectivity index (χ3n) is 2.64. The van der Waals surface area contributed by atoms with Crippen molar-refractivity contribution in [2.45, 2.75) is 38.6 Å². The van der Waals surface area contributed by atoms with E-state index in [-0.39, 0.29) is 6.03 Å². The minimum atomic E-state index is -0.0427. The Labute approximate surface area is 85.6 Å². The molecule has 0 spiro atoms. The van der Waals surface area contributed by atoms with E-state index in [0.717, 1.165) is 38.8 Å². The van der Waals surface area contributed by atoms with Crippen LogP contribution in [0, 0.1) is 5.92 Å². The molecule has 0 aliphatic heterocycles. The van der Waals surface area contributed by atoms with E-state index in [1.807, 2.05) is 0 Å². The molecule has 0 aromatic carbocycles.